The number of rotatable bonds is 4. The van der Waals surface area contributed by atoms with Gasteiger partial charge in [0.05, 0.1) is 12.2 Å². The topological polar surface area (TPSA) is 47.3 Å². The van der Waals surface area contributed by atoms with E-state index in [0.717, 1.165) is 25.2 Å². The highest BCUT2D eigenvalue weighted by Crippen LogP contribution is 2.40. The van der Waals surface area contributed by atoms with Crippen LogP contribution < -0.4 is 0 Å². The zero-order valence-electron chi connectivity index (χ0n) is 11.6. The number of hydrogen-bond acceptors (Lipinski definition) is 3. The number of aryl methyl sites for hydroxylation is 1. The van der Waals surface area contributed by atoms with Crippen molar-refractivity contribution in [2.75, 3.05) is 6.61 Å². The molecule has 0 aliphatic carbocycles. The fourth-order valence-corrected chi connectivity index (χ4v) is 2.78. The predicted molar refractivity (Wildman–Crippen MR) is 70.3 cm³/mol. The van der Waals surface area contributed by atoms with Crippen molar-refractivity contribution >= 4 is 0 Å². The highest BCUT2D eigenvalue weighted by atomic mass is 16.5. The van der Waals surface area contributed by atoms with Crippen LogP contribution in [0.5, 0.6) is 0 Å². The zero-order chi connectivity index (χ0) is 13.2. The molecule has 0 radical (unpaired) electrons. The fourth-order valence-electron chi connectivity index (χ4n) is 2.78. The Labute approximate surface area is 109 Å². The third-order valence-corrected chi connectivity index (χ3v) is 3.98. The summed E-state index contributed by atoms with van der Waals surface area (Å²) in [7, 11) is 0. The molecule has 0 saturated carbocycles. The first-order chi connectivity index (χ1) is 8.53. The SMILES string of the molecule is CCCn1ccnc1C1(O)CCOC(C)(CC)C1. The van der Waals surface area contributed by atoms with Crippen LogP contribution in [0.3, 0.4) is 0 Å². The molecule has 1 aliphatic rings. The van der Waals surface area contributed by atoms with Gasteiger partial charge in [-0.1, -0.05) is 13.8 Å². The van der Waals surface area contributed by atoms with Gasteiger partial charge in [-0.15, -0.1) is 0 Å². The van der Waals surface area contributed by atoms with E-state index in [0.29, 0.717) is 19.4 Å². The Morgan fingerprint density at radius 1 is 1.50 bits per heavy atom. The minimum absolute atomic E-state index is 0.240. The Kier molecular flexibility index (Phi) is 3.78. The van der Waals surface area contributed by atoms with Crippen LogP contribution in [0, 0.1) is 0 Å². The molecule has 18 heavy (non-hydrogen) atoms. The maximum Gasteiger partial charge on any atom is 0.140 e. The van der Waals surface area contributed by atoms with Crippen LogP contribution in [-0.2, 0) is 16.9 Å². The van der Waals surface area contributed by atoms with E-state index in [1.165, 1.54) is 0 Å². The maximum atomic E-state index is 10.9. The summed E-state index contributed by atoms with van der Waals surface area (Å²) in [5, 5.41) is 10.9. The van der Waals surface area contributed by atoms with Crippen molar-refractivity contribution in [2.24, 2.45) is 0 Å². The summed E-state index contributed by atoms with van der Waals surface area (Å²) < 4.78 is 7.88. The van der Waals surface area contributed by atoms with Crippen molar-refractivity contribution in [1.82, 2.24) is 9.55 Å². The standard InChI is InChI=1S/C14H24N2O2/c1-4-8-16-9-7-15-12(16)14(17)6-10-18-13(3,5-2)11-14/h7,9,17H,4-6,8,10-11H2,1-3H3. The summed E-state index contributed by atoms with van der Waals surface area (Å²) in [6.07, 6.45) is 6.93. The summed E-state index contributed by atoms with van der Waals surface area (Å²) >= 11 is 0. The van der Waals surface area contributed by atoms with E-state index in [1.54, 1.807) is 6.20 Å². The second-order valence-corrected chi connectivity index (χ2v) is 5.55. The van der Waals surface area contributed by atoms with Crippen molar-refractivity contribution in [3.63, 3.8) is 0 Å². The van der Waals surface area contributed by atoms with Crippen LogP contribution in [-0.4, -0.2) is 26.9 Å². The average molecular weight is 252 g/mol. The largest absolute Gasteiger partial charge is 0.382 e. The van der Waals surface area contributed by atoms with Gasteiger partial charge >= 0.3 is 0 Å². The van der Waals surface area contributed by atoms with E-state index < -0.39 is 5.60 Å². The van der Waals surface area contributed by atoms with Gasteiger partial charge < -0.3 is 14.4 Å². The molecular formula is C14H24N2O2. The highest BCUT2D eigenvalue weighted by molar-refractivity contribution is 5.09. The van der Waals surface area contributed by atoms with Crippen molar-refractivity contribution < 1.29 is 9.84 Å². The molecule has 2 unspecified atom stereocenters. The molecule has 0 amide bonds. The molecule has 2 heterocycles. The van der Waals surface area contributed by atoms with E-state index in [9.17, 15) is 5.11 Å². The Bertz CT molecular complexity index is 404. The second kappa shape index (κ2) is 5.02. The van der Waals surface area contributed by atoms with Gasteiger partial charge in [0.2, 0.25) is 0 Å². The van der Waals surface area contributed by atoms with Gasteiger partial charge in [-0.05, 0) is 19.8 Å². The van der Waals surface area contributed by atoms with Crippen LogP contribution in [0.1, 0.15) is 52.3 Å². The molecule has 2 atom stereocenters. The fraction of sp³-hybridized carbons (Fsp3) is 0.786. The molecule has 2 rings (SSSR count). The molecule has 1 aliphatic heterocycles. The summed E-state index contributed by atoms with van der Waals surface area (Å²) in [4.78, 5) is 4.39. The first kappa shape index (κ1) is 13.6. The van der Waals surface area contributed by atoms with Crippen LogP contribution >= 0.6 is 0 Å². The Morgan fingerprint density at radius 3 is 2.94 bits per heavy atom. The summed E-state index contributed by atoms with van der Waals surface area (Å²) in [5.74, 6) is 0.798. The molecule has 1 fully saturated rings. The molecular weight excluding hydrogens is 228 g/mol. The van der Waals surface area contributed by atoms with Crippen LogP contribution in [0.4, 0.5) is 0 Å². The lowest BCUT2D eigenvalue weighted by Gasteiger charge is -2.42. The highest BCUT2D eigenvalue weighted by Gasteiger charge is 2.44. The van der Waals surface area contributed by atoms with Gasteiger partial charge in [0.25, 0.3) is 0 Å². The Hall–Kier alpha value is -0.870. The van der Waals surface area contributed by atoms with Crippen LogP contribution in [0.15, 0.2) is 12.4 Å². The van der Waals surface area contributed by atoms with E-state index in [-0.39, 0.29) is 5.60 Å². The van der Waals surface area contributed by atoms with Gasteiger partial charge in [-0.2, -0.15) is 0 Å². The first-order valence-electron chi connectivity index (χ1n) is 6.91. The number of imidazole rings is 1. The number of nitrogens with zero attached hydrogens (tertiary/aromatic N) is 2. The van der Waals surface area contributed by atoms with Gasteiger partial charge in [0.15, 0.2) is 0 Å². The van der Waals surface area contributed by atoms with Gasteiger partial charge in [-0.25, -0.2) is 4.98 Å². The molecule has 0 aromatic carbocycles. The molecule has 4 nitrogen and oxygen atoms in total. The van der Waals surface area contributed by atoms with E-state index in [2.05, 4.69) is 30.3 Å². The number of aliphatic hydroxyl groups is 1. The lowest BCUT2D eigenvalue weighted by molar-refractivity contribution is -0.161. The minimum atomic E-state index is -0.846. The lowest BCUT2D eigenvalue weighted by atomic mass is 9.81. The van der Waals surface area contributed by atoms with Crippen LogP contribution in [0.2, 0.25) is 0 Å². The molecule has 0 bridgehead atoms. The maximum absolute atomic E-state index is 10.9. The smallest absolute Gasteiger partial charge is 0.140 e. The monoisotopic (exact) mass is 252 g/mol. The lowest BCUT2D eigenvalue weighted by Crippen LogP contribution is -2.46. The van der Waals surface area contributed by atoms with Crippen molar-refractivity contribution in [2.45, 2.75) is 64.2 Å². The van der Waals surface area contributed by atoms with Gasteiger partial charge in [0, 0.05) is 31.8 Å². The molecule has 1 aromatic heterocycles. The molecule has 102 valence electrons. The quantitative estimate of drug-likeness (QED) is 0.895. The van der Waals surface area contributed by atoms with Crippen LogP contribution in [0.25, 0.3) is 0 Å². The number of ether oxygens (including phenoxy) is 1. The average Bonchev–Trinajstić information content (AvgIpc) is 2.78. The minimum Gasteiger partial charge on any atom is -0.382 e. The number of hydrogen-bond donors (Lipinski definition) is 1. The first-order valence-corrected chi connectivity index (χ1v) is 6.91. The Morgan fingerprint density at radius 2 is 2.28 bits per heavy atom. The van der Waals surface area contributed by atoms with Gasteiger partial charge in [0.1, 0.15) is 11.4 Å². The molecule has 0 spiro atoms. The van der Waals surface area contributed by atoms with Crippen molar-refractivity contribution in [1.29, 1.82) is 0 Å². The second-order valence-electron chi connectivity index (χ2n) is 5.55. The third-order valence-electron chi connectivity index (χ3n) is 3.98. The van der Waals surface area contributed by atoms with Gasteiger partial charge in [-0.3, -0.25) is 0 Å². The third kappa shape index (κ3) is 2.45. The Balaban J connectivity index is 2.27. The number of aromatic nitrogens is 2. The predicted octanol–water partition coefficient (Wildman–Crippen LogP) is 2.46. The van der Waals surface area contributed by atoms with E-state index >= 15 is 0 Å². The molecule has 1 saturated heterocycles. The summed E-state index contributed by atoms with van der Waals surface area (Å²) in [6, 6.07) is 0. The van der Waals surface area contributed by atoms with E-state index in [4.69, 9.17) is 4.74 Å². The summed E-state index contributed by atoms with van der Waals surface area (Å²) in [5.41, 5.74) is -1.09. The normalized spacial score (nSPS) is 32.7. The summed E-state index contributed by atoms with van der Waals surface area (Å²) in [6.45, 7) is 7.81. The van der Waals surface area contributed by atoms with Crippen molar-refractivity contribution in [3.05, 3.63) is 18.2 Å². The van der Waals surface area contributed by atoms with Crippen molar-refractivity contribution in [3.8, 4) is 0 Å². The molecule has 1 aromatic rings. The van der Waals surface area contributed by atoms with E-state index in [1.807, 2.05) is 6.20 Å². The zero-order valence-corrected chi connectivity index (χ0v) is 11.6. The molecule has 4 heteroatoms. The molecule has 1 N–H and O–H groups in total.